The Labute approximate surface area is 128 Å². The Morgan fingerprint density at radius 1 is 1.48 bits per heavy atom. The minimum absolute atomic E-state index is 0.658. The monoisotopic (exact) mass is 292 g/mol. The zero-order valence-electron chi connectivity index (χ0n) is 13.3. The zero-order valence-corrected chi connectivity index (χ0v) is 13.3. The van der Waals surface area contributed by atoms with E-state index in [9.17, 15) is 0 Å². The second kappa shape index (κ2) is 8.32. The summed E-state index contributed by atoms with van der Waals surface area (Å²) in [6, 6.07) is 4.27. The minimum atomic E-state index is 0.658. The Morgan fingerprint density at radius 3 is 3.00 bits per heavy atom. The highest BCUT2D eigenvalue weighted by Gasteiger charge is 2.18. The van der Waals surface area contributed by atoms with Gasteiger partial charge in [0.15, 0.2) is 0 Å². The number of likely N-dealkylation sites (N-methyl/N-ethyl adjacent to an activating group) is 1. The van der Waals surface area contributed by atoms with Gasteiger partial charge in [0.1, 0.15) is 5.82 Å². The first kappa shape index (κ1) is 16.2. The van der Waals surface area contributed by atoms with Crippen LogP contribution in [0.4, 0.5) is 5.82 Å². The molecule has 0 saturated carbocycles. The van der Waals surface area contributed by atoms with E-state index in [1.54, 1.807) is 7.11 Å². The maximum absolute atomic E-state index is 5.80. The number of nitrogens with two attached hydrogens (primary N) is 1. The van der Waals surface area contributed by atoms with Gasteiger partial charge in [-0.25, -0.2) is 4.98 Å². The van der Waals surface area contributed by atoms with Crippen LogP contribution in [0.25, 0.3) is 0 Å². The molecule has 1 fully saturated rings. The van der Waals surface area contributed by atoms with E-state index < -0.39 is 0 Å². The molecule has 0 aromatic carbocycles. The second-order valence-corrected chi connectivity index (χ2v) is 5.92. The number of pyridine rings is 1. The van der Waals surface area contributed by atoms with Gasteiger partial charge in [-0.2, -0.15) is 0 Å². The van der Waals surface area contributed by atoms with Crippen molar-refractivity contribution in [3.8, 4) is 0 Å². The lowest BCUT2D eigenvalue weighted by Gasteiger charge is -2.32. The summed E-state index contributed by atoms with van der Waals surface area (Å²) in [7, 11) is 3.76. The second-order valence-electron chi connectivity index (χ2n) is 5.92. The van der Waals surface area contributed by atoms with Crippen LogP contribution in [0.2, 0.25) is 0 Å². The molecule has 1 unspecified atom stereocenters. The number of ether oxygens (including phenoxy) is 1. The minimum Gasteiger partial charge on any atom is -0.383 e. The van der Waals surface area contributed by atoms with Crippen molar-refractivity contribution >= 4 is 5.82 Å². The van der Waals surface area contributed by atoms with Crippen LogP contribution < -0.4 is 10.6 Å². The number of methoxy groups -OCH3 is 1. The first-order valence-electron chi connectivity index (χ1n) is 7.80. The molecule has 0 bridgehead atoms. The molecule has 0 radical (unpaired) electrons. The van der Waals surface area contributed by atoms with Crippen LogP contribution in [0, 0.1) is 5.92 Å². The molecule has 1 aromatic rings. The van der Waals surface area contributed by atoms with Crippen molar-refractivity contribution in [3.63, 3.8) is 0 Å². The lowest BCUT2D eigenvalue weighted by molar-refractivity contribution is 0.171. The van der Waals surface area contributed by atoms with Crippen LogP contribution >= 0.6 is 0 Å². The van der Waals surface area contributed by atoms with Crippen molar-refractivity contribution in [1.29, 1.82) is 0 Å². The third-order valence-electron chi connectivity index (χ3n) is 4.17. The third kappa shape index (κ3) is 4.95. The van der Waals surface area contributed by atoms with Crippen LogP contribution in [-0.2, 0) is 11.3 Å². The van der Waals surface area contributed by atoms with Gasteiger partial charge >= 0.3 is 0 Å². The van der Waals surface area contributed by atoms with E-state index in [2.05, 4.69) is 26.9 Å². The van der Waals surface area contributed by atoms with Crippen LogP contribution in [0.5, 0.6) is 0 Å². The van der Waals surface area contributed by atoms with Gasteiger partial charge in [-0.1, -0.05) is 6.07 Å². The van der Waals surface area contributed by atoms with Crippen molar-refractivity contribution in [2.24, 2.45) is 11.7 Å². The standard InChI is InChI=1S/C16H28N4O/c1-19(8-9-21-2)16-6-5-15(11-18-16)13-20-7-3-4-14(10-17)12-20/h5-6,11,14H,3-4,7-10,12-13,17H2,1-2H3. The van der Waals surface area contributed by atoms with E-state index in [0.29, 0.717) is 12.5 Å². The molecule has 2 N–H and O–H groups in total. The molecule has 1 atom stereocenters. The average Bonchev–Trinajstić information content (AvgIpc) is 2.53. The van der Waals surface area contributed by atoms with Crippen LogP contribution in [-0.4, -0.2) is 56.8 Å². The summed E-state index contributed by atoms with van der Waals surface area (Å²) in [6.07, 6.45) is 4.52. The molecule has 1 aromatic heterocycles. The van der Waals surface area contributed by atoms with Gasteiger partial charge in [-0.3, -0.25) is 4.90 Å². The third-order valence-corrected chi connectivity index (χ3v) is 4.17. The zero-order chi connectivity index (χ0) is 15.1. The Morgan fingerprint density at radius 2 is 2.33 bits per heavy atom. The quantitative estimate of drug-likeness (QED) is 0.822. The van der Waals surface area contributed by atoms with Gasteiger partial charge in [0.25, 0.3) is 0 Å². The molecule has 5 nitrogen and oxygen atoms in total. The number of anilines is 1. The fourth-order valence-electron chi connectivity index (χ4n) is 2.82. The van der Waals surface area contributed by atoms with Gasteiger partial charge in [0.2, 0.25) is 0 Å². The Hall–Kier alpha value is -1.17. The van der Waals surface area contributed by atoms with E-state index in [-0.39, 0.29) is 0 Å². The fourth-order valence-corrected chi connectivity index (χ4v) is 2.82. The number of nitrogens with zero attached hydrogens (tertiary/aromatic N) is 3. The maximum atomic E-state index is 5.80. The summed E-state index contributed by atoms with van der Waals surface area (Å²) >= 11 is 0. The van der Waals surface area contributed by atoms with E-state index in [4.69, 9.17) is 10.5 Å². The number of rotatable bonds is 7. The highest BCUT2D eigenvalue weighted by atomic mass is 16.5. The SMILES string of the molecule is COCCN(C)c1ccc(CN2CCCC(CN)C2)cn1. The Kier molecular flexibility index (Phi) is 6.42. The highest BCUT2D eigenvalue weighted by Crippen LogP contribution is 2.18. The van der Waals surface area contributed by atoms with E-state index in [0.717, 1.165) is 32.0 Å². The van der Waals surface area contributed by atoms with E-state index in [1.807, 2.05) is 13.2 Å². The molecule has 1 aliphatic rings. The Bertz CT molecular complexity index is 409. The molecule has 118 valence electrons. The van der Waals surface area contributed by atoms with E-state index in [1.165, 1.54) is 24.9 Å². The molecule has 1 saturated heterocycles. The van der Waals surface area contributed by atoms with Gasteiger partial charge in [-0.15, -0.1) is 0 Å². The van der Waals surface area contributed by atoms with Crippen molar-refractivity contribution in [2.75, 3.05) is 51.8 Å². The normalized spacial score (nSPS) is 19.7. The number of hydrogen-bond acceptors (Lipinski definition) is 5. The summed E-state index contributed by atoms with van der Waals surface area (Å²) in [6.45, 7) is 5.64. The van der Waals surface area contributed by atoms with Crippen LogP contribution in [0.1, 0.15) is 18.4 Å². The van der Waals surface area contributed by atoms with Gasteiger partial charge < -0.3 is 15.4 Å². The first-order chi connectivity index (χ1) is 10.2. The number of piperidine rings is 1. The van der Waals surface area contributed by atoms with Crippen molar-refractivity contribution < 1.29 is 4.74 Å². The van der Waals surface area contributed by atoms with Crippen molar-refractivity contribution in [3.05, 3.63) is 23.9 Å². The van der Waals surface area contributed by atoms with Gasteiger partial charge in [0.05, 0.1) is 6.61 Å². The molecular formula is C16H28N4O. The van der Waals surface area contributed by atoms with Crippen molar-refractivity contribution in [2.45, 2.75) is 19.4 Å². The average molecular weight is 292 g/mol. The van der Waals surface area contributed by atoms with Gasteiger partial charge in [0, 0.05) is 40.0 Å². The molecule has 2 rings (SSSR count). The summed E-state index contributed by atoms with van der Waals surface area (Å²) in [4.78, 5) is 9.16. The molecule has 1 aliphatic heterocycles. The Balaban J connectivity index is 1.87. The largest absolute Gasteiger partial charge is 0.383 e. The molecule has 21 heavy (non-hydrogen) atoms. The lowest BCUT2D eigenvalue weighted by atomic mass is 9.98. The fraction of sp³-hybridized carbons (Fsp3) is 0.688. The molecule has 0 aliphatic carbocycles. The predicted octanol–water partition coefficient (Wildman–Crippen LogP) is 1.33. The predicted molar refractivity (Wildman–Crippen MR) is 86.4 cm³/mol. The molecule has 0 spiro atoms. The van der Waals surface area contributed by atoms with E-state index >= 15 is 0 Å². The molecular weight excluding hydrogens is 264 g/mol. The van der Waals surface area contributed by atoms with Gasteiger partial charge in [-0.05, 0) is 43.5 Å². The maximum Gasteiger partial charge on any atom is 0.128 e. The highest BCUT2D eigenvalue weighted by molar-refractivity contribution is 5.38. The van der Waals surface area contributed by atoms with Crippen LogP contribution in [0.15, 0.2) is 18.3 Å². The summed E-state index contributed by atoms with van der Waals surface area (Å²) in [5, 5.41) is 0. The summed E-state index contributed by atoms with van der Waals surface area (Å²) in [5.41, 5.74) is 7.07. The number of likely N-dealkylation sites (tertiary alicyclic amines) is 1. The van der Waals surface area contributed by atoms with Crippen molar-refractivity contribution in [1.82, 2.24) is 9.88 Å². The first-order valence-corrected chi connectivity index (χ1v) is 7.80. The smallest absolute Gasteiger partial charge is 0.128 e. The lowest BCUT2D eigenvalue weighted by Crippen LogP contribution is -2.37. The van der Waals surface area contributed by atoms with Crippen LogP contribution in [0.3, 0.4) is 0 Å². The summed E-state index contributed by atoms with van der Waals surface area (Å²) < 4.78 is 5.09. The summed E-state index contributed by atoms with van der Waals surface area (Å²) in [5.74, 6) is 1.65. The molecule has 2 heterocycles. The number of aromatic nitrogens is 1. The topological polar surface area (TPSA) is 54.6 Å². The molecule has 0 amide bonds. The molecule has 5 heteroatoms. The number of hydrogen-bond donors (Lipinski definition) is 1.